The van der Waals surface area contributed by atoms with Gasteiger partial charge in [0.05, 0.1) is 0 Å². The molecule has 1 N–H and O–H groups in total. The molecule has 0 bridgehead atoms. The van der Waals surface area contributed by atoms with Crippen LogP contribution < -0.4 is 5.32 Å². The van der Waals surface area contributed by atoms with Gasteiger partial charge in [-0.1, -0.05) is 0 Å². The minimum atomic E-state index is -0.558. The molecule has 12 heavy (non-hydrogen) atoms. The lowest BCUT2D eigenvalue weighted by Crippen LogP contribution is -2.23. The van der Waals surface area contributed by atoms with Crippen molar-refractivity contribution in [2.75, 3.05) is 7.05 Å². The Morgan fingerprint density at radius 1 is 1.75 bits per heavy atom. The van der Waals surface area contributed by atoms with Gasteiger partial charge < -0.3 is 9.73 Å². The minimum Gasteiger partial charge on any atom is -0.449 e. The largest absolute Gasteiger partial charge is 0.449 e. The van der Waals surface area contributed by atoms with Crippen molar-refractivity contribution in [2.45, 2.75) is 26.1 Å². The number of aromatic nitrogens is 1. The molecule has 4 heteroatoms. The smallest absolute Gasteiger partial charge is 0.195 e. The maximum Gasteiger partial charge on any atom is 0.195 e. The van der Waals surface area contributed by atoms with E-state index in [1.165, 1.54) is 6.26 Å². The number of rotatable bonds is 4. The fraction of sp³-hybridized carbons (Fsp3) is 0.625. The molecule has 0 saturated carbocycles. The van der Waals surface area contributed by atoms with E-state index in [0.29, 0.717) is 24.0 Å². The third-order valence-corrected chi connectivity index (χ3v) is 1.71. The zero-order chi connectivity index (χ0) is 8.97. The Hall–Kier alpha value is -0.900. The van der Waals surface area contributed by atoms with Gasteiger partial charge in [-0.3, -0.25) is 0 Å². The monoisotopic (exact) mass is 172 g/mol. The summed E-state index contributed by atoms with van der Waals surface area (Å²) in [6, 6.07) is 0.302. The molecule has 0 saturated heterocycles. The zero-order valence-electron chi connectivity index (χ0n) is 7.30. The van der Waals surface area contributed by atoms with Crippen LogP contribution in [0.1, 0.15) is 18.5 Å². The predicted octanol–water partition coefficient (Wildman–Crippen LogP) is 1.29. The number of nitrogens with zero attached hydrogens (tertiary/aromatic N) is 1. The van der Waals surface area contributed by atoms with Crippen LogP contribution in [0.3, 0.4) is 0 Å². The highest BCUT2D eigenvalue weighted by Gasteiger charge is 2.06. The van der Waals surface area contributed by atoms with E-state index in [4.69, 9.17) is 4.42 Å². The summed E-state index contributed by atoms with van der Waals surface area (Å²) < 4.78 is 17.1. The standard InChI is InChI=1S/C8H13FN2O/c1-6(10-2)3-8-11-7(4-9)5-12-8/h5-6,10H,3-4H2,1-2H3. The van der Waals surface area contributed by atoms with Crippen LogP contribution in [0.15, 0.2) is 10.7 Å². The molecular weight excluding hydrogens is 159 g/mol. The average molecular weight is 172 g/mol. The van der Waals surface area contributed by atoms with Gasteiger partial charge in [0.15, 0.2) is 5.89 Å². The third-order valence-electron chi connectivity index (χ3n) is 1.71. The Balaban J connectivity index is 2.52. The van der Waals surface area contributed by atoms with Crippen LogP contribution in [-0.2, 0) is 13.1 Å². The molecule has 0 aliphatic rings. The first-order chi connectivity index (χ1) is 5.76. The van der Waals surface area contributed by atoms with Crippen LogP contribution in [0.4, 0.5) is 4.39 Å². The number of hydrogen-bond donors (Lipinski definition) is 1. The van der Waals surface area contributed by atoms with Crippen molar-refractivity contribution in [1.29, 1.82) is 0 Å². The molecule has 0 aromatic carbocycles. The molecule has 0 fully saturated rings. The third kappa shape index (κ3) is 2.30. The van der Waals surface area contributed by atoms with E-state index in [1.54, 1.807) is 0 Å². The van der Waals surface area contributed by atoms with Crippen molar-refractivity contribution < 1.29 is 8.81 Å². The van der Waals surface area contributed by atoms with Crippen LogP contribution >= 0.6 is 0 Å². The molecule has 68 valence electrons. The van der Waals surface area contributed by atoms with Gasteiger partial charge in [0, 0.05) is 12.5 Å². The molecule has 0 spiro atoms. The molecular formula is C8H13FN2O. The second kappa shape index (κ2) is 4.21. The van der Waals surface area contributed by atoms with Gasteiger partial charge in [0.2, 0.25) is 0 Å². The SMILES string of the molecule is CNC(C)Cc1nc(CF)co1. The molecule has 0 aliphatic heterocycles. The van der Waals surface area contributed by atoms with Crippen molar-refractivity contribution in [2.24, 2.45) is 0 Å². The molecule has 1 rings (SSSR count). The lowest BCUT2D eigenvalue weighted by Gasteiger charge is -2.05. The Bertz CT molecular complexity index is 237. The van der Waals surface area contributed by atoms with Crippen molar-refractivity contribution in [3.63, 3.8) is 0 Å². The summed E-state index contributed by atoms with van der Waals surface area (Å²) in [5, 5.41) is 3.05. The van der Waals surface area contributed by atoms with Gasteiger partial charge in [-0.15, -0.1) is 0 Å². The second-order valence-electron chi connectivity index (χ2n) is 2.76. The quantitative estimate of drug-likeness (QED) is 0.743. The van der Waals surface area contributed by atoms with Crippen molar-refractivity contribution in [1.82, 2.24) is 10.3 Å². The van der Waals surface area contributed by atoms with Gasteiger partial charge in [0.25, 0.3) is 0 Å². The maximum atomic E-state index is 12.0. The van der Waals surface area contributed by atoms with E-state index >= 15 is 0 Å². The van der Waals surface area contributed by atoms with E-state index in [9.17, 15) is 4.39 Å². The fourth-order valence-electron chi connectivity index (χ4n) is 0.868. The van der Waals surface area contributed by atoms with Crippen LogP contribution in [-0.4, -0.2) is 18.1 Å². The van der Waals surface area contributed by atoms with Crippen molar-refractivity contribution in [3.05, 3.63) is 17.8 Å². The molecule has 0 radical (unpaired) electrons. The van der Waals surface area contributed by atoms with Crippen molar-refractivity contribution >= 4 is 0 Å². The van der Waals surface area contributed by atoms with Gasteiger partial charge in [-0.2, -0.15) is 0 Å². The van der Waals surface area contributed by atoms with Crippen LogP contribution in [0.5, 0.6) is 0 Å². The van der Waals surface area contributed by atoms with E-state index in [1.807, 2.05) is 14.0 Å². The summed E-state index contributed by atoms with van der Waals surface area (Å²) in [6.45, 7) is 1.46. The lowest BCUT2D eigenvalue weighted by atomic mass is 10.2. The molecule has 1 atom stereocenters. The second-order valence-corrected chi connectivity index (χ2v) is 2.76. The number of halogens is 1. The normalized spacial score (nSPS) is 13.2. The lowest BCUT2D eigenvalue weighted by molar-refractivity contribution is 0.456. The molecule has 1 aromatic rings. The predicted molar refractivity (Wildman–Crippen MR) is 43.5 cm³/mol. The topological polar surface area (TPSA) is 38.1 Å². The Labute approximate surface area is 71.0 Å². The molecule has 1 unspecified atom stereocenters. The number of alkyl halides is 1. The van der Waals surface area contributed by atoms with Gasteiger partial charge in [-0.05, 0) is 14.0 Å². The fourth-order valence-corrected chi connectivity index (χ4v) is 0.868. The van der Waals surface area contributed by atoms with Crippen LogP contribution in [0.2, 0.25) is 0 Å². The summed E-state index contributed by atoms with van der Waals surface area (Å²) >= 11 is 0. The van der Waals surface area contributed by atoms with E-state index in [2.05, 4.69) is 10.3 Å². The highest BCUT2D eigenvalue weighted by Crippen LogP contribution is 2.05. The van der Waals surface area contributed by atoms with Gasteiger partial charge >= 0.3 is 0 Å². The van der Waals surface area contributed by atoms with E-state index < -0.39 is 6.67 Å². The highest BCUT2D eigenvalue weighted by molar-refractivity contribution is 4.95. The average Bonchev–Trinajstić information content (AvgIpc) is 2.52. The summed E-state index contributed by atoms with van der Waals surface area (Å²) in [4.78, 5) is 3.94. The Morgan fingerprint density at radius 2 is 2.50 bits per heavy atom. The minimum absolute atomic E-state index is 0.302. The Kier molecular flexibility index (Phi) is 3.22. The summed E-state index contributed by atoms with van der Waals surface area (Å²) in [5.41, 5.74) is 0.369. The molecule has 0 aliphatic carbocycles. The van der Waals surface area contributed by atoms with E-state index in [-0.39, 0.29) is 0 Å². The number of nitrogens with one attached hydrogen (secondary N) is 1. The first kappa shape index (κ1) is 9.19. The molecule has 1 aromatic heterocycles. The van der Waals surface area contributed by atoms with Crippen molar-refractivity contribution in [3.8, 4) is 0 Å². The van der Waals surface area contributed by atoms with E-state index in [0.717, 1.165) is 0 Å². The van der Waals surface area contributed by atoms with Crippen LogP contribution in [0.25, 0.3) is 0 Å². The summed E-state index contributed by atoms with van der Waals surface area (Å²) in [5.74, 6) is 0.588. The zero-order valence-corrected chi connectivity index (χ0v) is 7.30. The maximum absolute atomic E-state index is 12.0. The number of oxazole rings is 1. The molecule has 1 heterocycles. The highest BCUT2D eigenvalue weighted by atomic mass is 19.1. The van der Waals surface area contributed by atoms with Crippen LogP contribution in [0, 0.1) is 0 Å². The first-order valence-electron chi connectivity index (χ1n) is 3.92. The Morgan fingerprint density at radius 3 is 3.00 bits per heavy atom. The number of hydrogen-bond acceptors (Lipinski definition) is 3. The molecule has 3 nitrogen and oxygen atoms in total. The van der Waals surface area contributed by atoms with Gasteiger partial charge in [0.1, 0.15) is 18.6 Å². The summed E-state index contributed by atoms with van der Waals surface area (Å²) in [7, 11) is 1.86. The number of likely N-dealkylation sites (N-methyl/N-ethyl adjacent to an activating group) is 1. The first-order valence-corrected chi connectivity index (χ1v) is 3.92. The summed E-state index contributed by atoms with van der Waals surface area (Å²) in [6.07, 6.45) is 2.05. The molecule has 0 amide bonds. The van der Waals surface area contributed by atoms with Gasteiger partial charge in [-0.25, -0.2) is 9.37 Å².